The van der Waals surface area contributed by atoms with Gasteiger partial charge in [-0.1, -0.05) is 12.8 Å². The van der Waals surface area contributed by atoms with Crippen molar-refractivity contribution in [1.82, 2.24) is 15.1 Å². The summed E-state index contributed by atoms with van der Waals surface area (Å²) in [5.74, 6) is -0.757. The Morgan fingerprint density at radius 1 is 1.40 bits per heavy atom. The molecular weight excluding hydrogens is 258 g/mol. The number of nitrogens with one attached hydrogen (secondary N) is 1. The number of carbonyl (C=O) groups excluding carboxylic acids is 1. The standard InChI is InChI=1S/C14H19N3O3/c1-8-10(7-15-16-8)13(18)17-11-5-3-2-4-9(11)6-12(17)14(19)20/h7,9,11-12H,2-6H2,1H3,(H,15,16)(H,19,20). The minimum absolute atomic E-state index is 0.0756. The van der Waals surface area contributed by atoms with Crippen LogP contribution in [0.4, 0.5) is 0 Å². The number of aryl methyl sites for hydroxylation is 1. The molecule has 1 aromatic heterocycles. The number of likely N-dealkylation sites (tertiary alicyclic amines) is 1. The fourth-order valence-corrected chi connectivity index (χ4v) is 3.68. The van der Waals surface area contributed by atoms with E-state index in [9.17, 15) is 14.7 Å². The second-order valence-electron chi connectivity index (χ2n) is 5.82. The van der Waals surface area contributed by atoms with Crippen molar-refractivity contribution in [2.24, 2.45) is 5.92 Å². The molecular formula is C14H19N3O3. The molecule has 0 radical (unpaired) electrons. The van der Waals surface area contributed by atoms with E-state index >= 15 is 0 Å². The van der Waals surface area contributed by atoms with Crippen LogP contribution in [0, 0.1) is 12.8 Å². The van der Waals surface area contributed by atoms with Crippen molar-refractivity contribution in [2.45, 2.75) is 51.1 Å². The average molecular weight is 277 g/mol. The molecule has 2 fully saturated rings. The highest BCUT2D eigenvalue weighted by Gasteiger charge is 2.47. The summed E-state index contributed by atoms with van der Waals surface area (Å²) in [6.45, 7) is 1.78. The summed E-state index contributed by atoms with van der Waals surface area (Å²) >= 11 is 0. The summed E-state index contributed by atoms with van der Waals surface area (Å²) in [5.41, 5.74) is 1.18. The molecule has 0 bridgehead atoms. The second kappa shape index (κ2) is 4.92. The summed E-state index contributed by atoms with van der Waals surface area (Å²) < 4.78 is 0. The lowest BCUT2D eigenvalue weighted by molar-refractivity contribution is -0.141. The van der Waals surface area contributed by atoms with Crippen LogP contribution in [0.5, 0.6) is 0 Å². The molecule has 6 nitrogen and oxygen atoms in total. The van der Waals surface area contributed by atoms with Gasteiger partial charge in [0.2, 0.25) is 0 Å². The SMILES string of the molecule is Cc1[nH]ncc1C(=O)N1C(C(=O)O)CC2CCCCC21. The molecule has 1 aromatic rings. The van der Waals surface area contributed by atoms with Crippen LogP contribution in [0.1, 0.15) is 48.2 Å². The van der Waals surface area contributed by atoms with Crippen molar-refractivity contribution in [3.05, 3.63) is 17.5 Å². The third kappa shape index (κ3) is 1.99. The van der Waals surface area contributed by atoms with Gasteiger partial charge in [-0.05, 0) is 32.1 Å². The maximum Gasteiger partial charge on any atom is 0.326 e. The summed E-state index contributed by atoms with van der Waals surface area (Å²) in [5, 5.41) is 16.0. The van der Waals surface area contributed by atoms with Crippen molar-refractivity contribution in [1.29, 1.82) is 0 Å². The first-order valence-corrected chi connectivity index (χ1v) is 7.15. The number of carbonyl (C=O) groups is 2. The number of aliphatic carboxylic acids is 1. The monoisotopic (exact) mass is 277 g/mol. The molecule has 20 heavy (non-hydrogen) atoms. The van der Waals surface area contributed by atoms with E-state index in [2.05, 4.69) is 10.2 Å². The Balaban J connectivity index is 1.93. The lowest BCUT2D eigenvalue weighted by atomic mass is 9.84. The molecule has 0 spiro atoms. The van der Waals surface area contributed by atoms with Gasteiger partial charge in [-0.15, -0.1) is 0 Å². The number of aromatic nitrogens is 2. The van der Waals surface area contributed by atoms with Gasteiger partial charge in [0.15, 0.2) is 0 Å². The van der Waals surface area contributed by atoms with Crippen LogP contribution < -0.4 is 0 Å². The quantitative estimate of drug-likeness (QED) is 0.859. The topological polar surface area (TPSA) is 86.3 Å². The molecule has 3 rings (SSSR count). The van der Waals surface area contributed by atoms with Gasteiger partial charge in [-0.25, -0.2) is 4.79 Å². The summed E-state index contributed by atoms with van der Waals surface area (Å²) in [6, 6.07) is -0.614. The summed E-state index contributed by atoms with van der Waals surface area (Å²) in [7, 11) is 0. The molecule has 108 valence electrons. The molecule has 2 aliphatic rings. The van der Waals surface area contributed by atoms with Crippen molar-refractivity contribution < 1.29 is 14.7 Å². The Morgan fingerprint density at radius 3 is 2.80 bits per heavy atom. The van der Waals surface area contributed by atoms with Crippen molar-refractivity contribution in [3.63, 3.8) is 0 Å². The normalized spacial score (nSPS) is 29.2. The largest absolute Gasteiger partial charge is 0.480 e. The molecule has 3 atom stereocenters. The Hall–Kier alpha value is -1.85. The number of fused-ring (bicyclic) bond motifs is 1. The molecule has 1 saturated heterocycles. The van der Waals surface area contributed by atoms with Crippen LogP contribution in [0.2, 0.25) is 0 Å². The first kappa shape index (κ1) is 13.1. The lowest BCUT2D eigenvalue weighted by Gasteiger charge is -2.32. The van der Waals surface area contributed by atoms with Crippen LogP contribution >= 0.6 is 0 Å². The highest BCUT2D eigenvalue weighted by atomic mass is 16.4. The Labute approximate surface area is 117 Å². The van der Waals surface area contributed by atoms with E-state index < -0.39 is 12.0 Å². The minimum Gasteiger partial charge on any atom is -0.480 e. The Bertz CT molecular complexity index is 540. The van der Waals surface area contributed by atoms with Crippen LogP contribution in [-0.2, 0) is 4.79 Å². The fraction of sp³-hybridized carbons (Fsp3) is 0.643. The maximum atomic E-state index is 12.7. The second-order valence-corrected chi connectivity index (χ2v) is 5.82. The van der Waals surface area contributed by atoms with E-state index in [4.69, 9.17) is 0 Å². The molecule has 1 amide bonds. The number of aromatic amines is 1. The van der Waals surface area contributed by atoms with Crippen LogP contribution in [0.15, 0.2) is 6.20 Å². The molecule has 3 unspecified atom stereocenters. The minimum atomic E-state index is -0.895. The molecule has 1 aliphatic heterocycles. The van der Waals surface area contributed by atoms with Crippen molar-refractivity contribution in [3.8, 4) is 0 Å². The van der Waals surface area contributed by atoms with Gasteiger partial charge < -0.3 is 10.0 Å². The number of hydrogen-bond acceptors (Lipinski definition) is 3. The molecule has 2 N–H and O–H groups in total. The first-order valence-electron chi connectivity index (χ1n) is 7.15. The van der Waals surface area contributed by atoms with Gasteiger partial charge in [0, 0.05) is 11.7 Å². The number of amides is 1. The molecule has 1 aliphatic carbocycles. The van der Waals surface area contributed by atoms with Crippen molar-refractivity contribution in [2.75, 3.05) is 0 Å². The van der Waals surface area contributed by atoms with Gasteiger partial charge in [-0.3, -0.25) is 9.89 Å². The average Bonchev–Trinajstić information content (AvgIpc) is 3.01. The number of carboxylic acid groups (broad SMARTS) is 1. The summed E-state index contributed by atoms with van der Waals surface area (Å²) in [4.78, 5) is 25.8. The predicted molar refractivity (Wildman–Crippen MR) is 71.3 cm³/mol. The third-order valence-electron chi connectivity index (χ3n) is 4.67. The predicted octanol–water partition coefficient (Wildman–Crippen LogP) is 1.58. The Morgan fingerprint density at radius 2 is 2.15 bits per heavy atom. The van der Waals surface area contributed by atoms with E-state index in [0.29, 0.717) is 23.6 Å². The zero-order chi connectivity index (χ0) is 14.3. The van der Waals surface area contributed by atoms with Gasteiger partial charge in [-0.2, -0.15) is 5.10 Å². The number of nitrogens with zero attached hydrogens (tertiary/aromatic N) is 2. The highest BCUT2D eigenvalue weighted by molar-refractivity contribution is 5.98. The third-order valence-corrected chi connectivity index (χ3v) is 4.67. The molecule has 1 saturated carbocycles. The number of hydrogen-bond donors (Lipinski definition) is 2. The fourth-order valence-electron chi connectivity index (χ4n) is 3.68. The van der Waals surface area contributed by atoms with Gasteiger partial charge in [0.1, 0.15) is 6.04 Å². The van der Waals surface area contributed by atoms with Gasteiger partial charge in [0.05, 0.1) is 11.8 Å². The zero-order valence-electron chi connectivity index (χ0n) is 11.5. The van der Waals surface area contributed by atoms with Crippen LogP contribution in [0.25, 0.3) is 0 Å². The smallest absolute Gasteiger partial charge is 0.326 e. The van der Waals surface area contributed by atoms with Crippen molar-refractivity contribution >= 4 is 11.9 Å². The number of carboxylic acids is 1. The van der Waals surface area contributed by atoms with E-state index in [1.807, 2.05) is 0 Å². The van der Waals surface area contributed by atoms with E-state index in [-0.39, 0.29) is 11.9 Å². The van der Waals surface area contributed by atoms with Crippen LogP contribution in [-0.4, -0.2) is 44.2 Å². The van der Waals surface area contributed by atoms with Gasteiger partial charge >= 0.3 is 5.97 Å². The van der Waals surface area contributed by atoms with E-state index in [0.717, 1.165) is 25.7 Å². The number of rotatable bonds is 2. The number of H-pyrrole nitrogens is 1. The van der Waals surface area contributed by atoms with E-state index in [1.165, 1.54) is 6.20 Å². The lowest BCUT2D eigenvalue weighted by Crippen LogP contribution is -2.46. The summed E-state index contributed by atoms with van der Waals surface area (Å²) in [6.07, 6.45) is 6.23. The molecule has 0 aromatic carbocycles. The Kier molecular flexibility index (Phi) is 3.23. The van der Waals surface area contributed by atoms with Gasteiger partial charge in [0.25, 0.3) is 5.91 Å². The first-order chi connectivity index (χ1) is 9.59. The molecule has 2 heterocycles. The molecule has 6 heteroatoms. The van der Waals surface area contributed by atoms with Crippen LogP contribution in [0.3, 0.4) is 0 Å². The maximum absolute atomic E-state index is 12.7. The highest BCUT2D eigenvalue weighted by Crippen LogP contribution is 2.40. The van der Waals surface area contributed by atoms with E-state index in [1.54, 1.807) is 11.8 Å². The zero-order valence-corrected chi connectivity index (χ0v) is 11.5.